The molecule has 0 radical (unpaired) electrons. The largest absolute Gasteiger partial charge is 0.477 e. The summed E-state index contributed by atoms with van der Waals surface area (Å²) in [5.41, 5.74) is 2.09. The lowest BCUT2D eigenvalue weighted by molar-refractivity contribution is 0.0690. The number of aromatic carboxylic acids is 1. The number of nitrogens with one attached hydrogen (secondary N) is 1. The second-order valence-electron chi connectivity index (χ2n) is 3.43. The van der Waals surface area contributed by atoms with Crippen LogP contribution in [0.25, 0.3) is 0 Å². The highest BCUT2D eigenvalue weighted by atomic mass is 32.1. The average Bonchev–Trinajstić information content (AvgIpc) is 2.76. The SMILES string of the molecule is Cc1ncsc1C(=O)Nc1cccc(C(=O)O)n1. The summed E-state index contributed by atoms with van der Waals surface area (Å²) in [4.78, 5) is 30.8. The molecule has 2 heterocycles. The minimum atomic E-state index is -1.14. The van der Waals surface area contributed by atoms with Crippen LogP contribution in [0.15, 0.2) is 23.7 Å². The van der Waals surface area contributed by atoms with Crippen LogP contribution in [0.3, 0.4) is 0 Å². The highest BCUT2D eigenvalue weighted by Gasteiger charge is 2.13. The maximum atomic E-state index is 11.8. The third kappa shape index (κ3) is 2.51. The van der Waals surface area contributed by atoms with Crippen LogP contribution in [-0.4, -0.2) is 27.0 Å². The molecule has 0 atom stereocenters. The van der Waals surface area contributed by atoms with Gasteiger partial charge >= 0.3 is 5.97 Å². The van der Waals surface area contributed by atoms with E-state index in [0.29, 0.717) is 10.6 Å². The number of amides is 1. The standard InChI is InChI=1S/C11H9N3O3S/c1-6-9(18-5-12-6)10(15)14-8-4-2-3-7(13-8)11(16)17/h2-5H,1H3,(H,16,17)(H,13,14,15). The Balaban J connectivity index is 2.20. The number of rotatable bonds is 3. The first kappa shape index (κ1) is 12.2. The van der Waals surface area contributed by atoms with E-state index in [0.717, 1.165) is 0 Å². The van der Waals surface area contributed by atoms with E-state index in [-0.39, 0.29) is 17.4 Å². The van der Waals surface area contributed by atoms with Gasteiger partial charge in [0.15, 0.2) is 5.69 Å². The van der Waals surface area contributed by atoms with Gasteiger partial charge in [0.05, 0.1) is 11.2 Å². The van der Waals surface area contributed by atoms with Crippen molar-refractivity contribution in [3.8, 4) is 0 Å². The summed E-state index contributed by atoms with van der Waals surface area (Å²) in [5.74, 6) is -1.28. The van der Waals surface area contributed by atoms with Crippen molar-refractivity contribution in [2.75, 3.05) is 5.32 Å². The molecule has 1 amide bonds. The lowest BCUT2D eigenvalue weighted by atomic mass is 10.3. The Morgan fingerprint density at radius 1 is 1.39 bits per heavy atom. The van der Waals surface area contributed by atoms with Crippen molar-refractivity contribution in [3.05, 3.63) is 40.0 Å². The molecular formula is C11H9N3O3S. The van der Waals surface area contributed by atoms with Crippen LogP contribution in [-0.2, 0) is 0 Å². The summed E-state index contributed by atoms with van der Waals surface area (Å²) in [5, 5.41) is 11.3. The molecule has 0 aliphatic carbocycles. The molecule has 0 aliphatic heterocycles. The normalized spacial score (nSPS) is 10.1. The summed E-state index contributed by atoms with van der Waals surface area (Å²) in [6, 6.07) is 4.41. The van der Waals surface area contributed by atoms with E-state index in [4.69, 9.17) is 5.11 Å². The van der Waals surface area contributed by atoms with Gasteiger partial charge in [-0.2, -0.15) is 0 Å². The minimum absolute atomic E-state index is 0.117. The van der Waals surface area contributed by atoms with E-state index < -0.39 is 5.97 Å². The monoisotopic (exact) mass is 263 g/mol. The fraction of sp³-hybridized carbons (Fsp3) is 0.0909. The van der Waals surface area contributed by atoms with E-state index in [9.17, 15) is 9.59 Å². The average molecular weight is 263 g/mol. The number of aryl methyl sites for hydroxylation is 1. The fourth-order valence-corrected chi connectivity index (χ4v) is 2.01. The summed E-state index contributed by atoms with van der Waals surface area (Å²) in [7, 11) is 0. The van der Waals surface area contributed by atoms with Gasteiger partial charge in [-0.05, 0) is 19.1 Å². The van der Waals surface area contributed by atoms with Gasteiger partial charge in [-0.3, -0.25) is 4.79 Å². The zero-order valence-corrected chi connectivity index (χ0v) is 10.2. The van der Waals surface area contributed by atoms with Crippen molar-refractivity contribution in [1.29, 1.82) is 0 Å². The predicted octanol–water partition coefficient (Wildman–Crippen LogP) is 1.80. The maximum Gasteiger partial charge on any atom is 0.354 e. The molecule has 18 heavy (non-hydrogen) atoms. The Labute approximate surface area is 106 Å². The van der Waals surface area contributed by atoms with Gasteiger partial charge in [0.1, 0.15) is 10.7 Å². The zero-order valence-electron chi connectivity index (χ0n) is 9.38. The number of carbonyl (C=O) groups is 2. The molecule has 0 saturated carbocycles. The van der Waals surface area contributed by atoms with Crippen LogP contribution in [0.4, 0.5) is 5.82 Å². The van der Waals surface area contributed by atoms with Crippen molar-refractivity contribution < 1.29 is 14.7 Å². The van der Waals surface area contributed by atoms with Gasteiger partial charge in [-0.1, -0.05) is 6.07 Å². The Bertz CT molecular complexity index is 609. The third-order valence-corrected chi connectivity index (χ3v) is 3.09. The number of carboxylic acids is 1. The van der Waals surface area contributed by atoms with Crippen LogP contribution in [0.1, 0.15) is 25.9 Å². The highest BCUT2D eigenvalue weighted by molar-refractivity contribution is 7.12. The molecule has 0 aliphatic rings. The molecule has 2 aromatic heterocycles. The number of hydrogen-bond donors (Lipinski definition) is 2. The smallest absolute Gasteiger partial charge is 0.354 e. The number of hydrogen-bond acceptors (Lipinski definition) is 5. The van der Waals surface area contributed by atoms with Crippen LogP contribution in [0, 0.1) is 6.92 Å². The molecule has 0 bridgehead atoms. The van der Waals surface area contributed by atoms with Gasteiger partial charge in [0, 0.05) is 0 Å². The van der Waals surface area contributed by atoms with Gasteiger partial charge in [0.2, 0.25) is 0 Å². The van der Waals surface area contributed by atoms with E-state index in [2.05, 4.69) is 15.3 Å². The van der Waals surface area contributed by atoms with Crippen molar-refractivity contribution >= 4 is 29.0 Å². The van der Waals surface area contributed by atoms with E-state index in [1.165, 1.54) is 29.5 Å². The zero-order chi connectivity index (χ0) is 13.1. The molecular weight excluding hydrogens is 254 g/mol. The van der Waals surface area contributed by atoms with Crippen LogP contribution in [0.2, 0.25) is 0 Å². The second kappa shape index (κ2) is 4.92. The van der Waals surface area contributed by atoms with Gasteiger partial charge in [-0.15, -0.1) is 11.3 Å². The molecule has 2 rings (SSSR count). The molecule has 2 N–H and O–H groups in total. The number of nitrogens with zero attached hydrogens (tertiary/aromatic N) is 2. The summed E-state index contributed by atoms with van der Waals surface area (Å²) >= 11 is 1.22. The van der Waals surface area contributed by atoms with Crippen LogP contribution >= 0.6 is 11.3 Å². The Hall–Kier alpha value is -2.28. The quantitative estimate of drug-likeness (QED) is 0.880. The summed E-state index contributed by atoms with van der Waals surface area (Å²) in [6.45, 7) is 1.73. The Morgan fingerprint density at radius 3 is 2.78 bits per heavy atom. The van der Waals surface area contributed by atoms with Crippen molar-refractivity contribution in [2.45, 2.75) is 6.92 Å². The number of thiazole rings is 1. The topological polar surface area (TPSA) is 92.2 Å². The first-order valence-corrected chi connectivity index (χ1v) is 5.87. The first-order chi connectivity index (χ1) is 8.58. The molecule has 0 unspecified atom stereocenters. The molecule has 0 fully saturated rings. The number of pyridine rings is 1. The molecule has 92 valence electrons. The number of aromatic nitrogens is 2. The molecule has 0 saturated heterocycles. The fourth-order valence-electron chi connectivity index (χ4n) is 1.32. The van der Waals surface area contributed by atoms with E-state index >= 15 is 0 Å². The molecule has 2 aromatic rings. The number of anilines is 1. The third-order valence-electron chi connectivity index (χ3n) is 2.16. The maximum absolute atomic E-state index is 11.8. The van der Waals surface area contributed by atoms with Crippen molar-refractivity contribution in [2.24, 2.45) is 0 Å². The van der Waals surface area contributed by atoms with Crippen molar-refractivity contribution in [3.63, 3.8) is 0 Å². The number of carbonyl (C=O) groups excluding carboxylic acids is 1. The Kier molecular flexibility index (Phi) is 3.33. The molecule has 7 heteroatoms. The second-order valence-corrected chi connectivity index (χ2v) is 4.29. The van der Waals surface area contributed by atoms with Crippen LogP contribution in [0.5, 0.6) is 0 Å². The van der Waals surface area contributed by atoms with E-state index in [1.54, 1.807) is 12.4 Å². The first-order valence-electron chi connectivity index (χ1n) is 4.99. The minimum Gasteiger partial charge on any atom is -0.477 e. The molecule has 0 spiro atoms. The molecule has 0 aromatic carbocycles. The van der Waals surface area contributed by atoms with Gasteiger partial charge in [0.25, 0.3) is 5.91 Å². The Morgan fingerprint density at radius 2 is 2.17 bits per heavy atom. The number of carboxylic acid groups (broad SMARTS) is 1. The van der Waals surface area contributed by atoms with E-state index in [1.807, 2.05) is 0 Å². The summed E-state index contributed by atoms with van der Waals surface area (Å²) < 4.78 is 0. The lowest BCUT2D eigenvalue weighted by Gasteiger charge is -2.03. The van der Waals surface area contributed by atoms with Gasteiger partial charge in [-0.25, -0.2) is 14.8 Å². The highest BCUT2D eigenvalue weighted by Crippen LogP contribution is 2.14. The lowest BCUT2D eigenvalue weighted by Crippen LogP contribution is -2.13. The summed E-state index contributed by atoms with van der Waals surface area (Å²) in [6.07, 6.45) is 0. The predicted molar refractivity (Wildman–Crippen MR) is 66.0 cm³/mol. The molecule has 6 nitrogen and oxygen atoms in total. The van der Waals surface area contributed by atoms with Gasteiger partial charge < -0.3 is 10.4 Å². The van der Waals surface area contributed by atoms with Crippen molar-refractivity contribution in [1.82, 2.24) is 9.97 Å². The van der Waals surface area contributed by atoms with Crippen LogP contribution < -0.4 is 5.32 Å².